The van der Waals surface area contributed by atoms with Gasteiger partial charge in [0, 0.05) is 26.1 Å². The van der Waals surface area contributed by atoms with Gasteiger partial charge >= 0.3 is 0 Å². The van der Waals surface area contributed by atoms with Gasteiger partial charge < -0.3 is 15.2 Å². The third-order valence-corrected chi connectivity index (χ3v) is 5.45. The van der Waals surface area contributed by atoms with Crippen LogP contribution in [-0.4, -0.2) is 33.8 Å². The number of aromatic nitrogens is 3. The van der Waals surface area contributed by atoms with E-state index in [1.54, 1.807) is 0 Å². The van der Waals surface area contributed by atoms with Crippen LogP contribution in [0.3, 0.4) is 0 Å². The van der Waals surface area contributed by atoms with Crippen LogP contribution in [0.25, 0.3) is 0 Å². The van der Waals surface area contributed by atoms with Gasteiger partial charge in [0.15, 0.2) is 11.8 Å². The average Bonchev–Trinajstić information content (AvgIpc) is 3.27. The molecule has 1 fully saturated rings. The van der Waals surface area contributed by atoms with Crippen molar-refractivity contribution in [3.05, 3.63) is 11.6 Å². The number of nitrogens with zero attached hydrogens (tertiary/aromatic N) is 4. The fraction of sp³-hybridized carbons (Fsp3) is 0.824. The Kier molecular flexibility index (Phi) is 5.18. The Morgan fingerprint density at radius 2 is 2.00 bits per heavy atom. The van der Waals surface area contributed by atoms with Crippen molar-refractivity contribution in [3.8, 4) is 0 Å². The molecule has 1 aromatic rings. The molecule has 0 atom stereocenters. The molecular weight excluding hydrogens is 288 g/mol. The van der Waals surface area contributed by atoms with Gasteiger partial charge in [-0.25, -0.2) is 4.99 Å². The number of nitrogens with one attached hydrogen (secondary N) is 2. The van der Waals surface area contributed by atoms with Crippen LogP contribution >= 0.6 is 0 Å². The van der Waals surface area contributed by atoms with Crippen molar-refractivity contribution in [2.75, 3.05) is 13.1 Å². The van der Waals surface area contributed by atoms with Crippen molar-refractivity contribution >= 4 is 5.96 Å². The van der Waals surface area contributed by atoms with Crippen LogP contribution in [0, 0.1) is 5.41 Å². The molecule has 23 heavy (non-hydrogen) atoms. The monoisotopic (exact) mass is 318 g/mol. The summed E-state index contributed by atoms with van der Waals surface area (Å²) in [4.78, 5) is 4.73. The van der Waals surface area contributed by atoms with Gasteiger partial charge in [-0.2, -0.15) is 0 Å². The topological polar surface area (TPSA) is 67.1 Å². The Hall–Kier alpha value is -1.59. The molecule has 1 aromatic heterocycles. The second-order valence-electron chi connectivity index (χ2n) is 6.90. The lowest BCUT2D eigenvalue weighted by Crippen LogP contribution is -2.42. The first-order valence-electron chi connectivity index (χ1n) is 9.19. The molecule has 0 unspecified atom stereocenters. The lowest BCUT2D eigenvalue weighted by atomic mass is 9.83. The summed E-state index contributed by atoms with van der Waals surface area (Å²) < 4.78 is 2.22. The Morgan fingerprint density at radius 1 is 1.17 bits per heavy atom. The molecule has 6 nitrogen and oxygen atoms in total. The zero-order valence-electron chi connectivity index (χ0n) is 14.6. The Labute approximate surface area is 139 Å². The summed E-state index contributed by atoms with van der Waals surface area (Å²) >= 11 is 0. The predicted molar refractivity (Wildman–Crippen MR) is 92.4 cm³/mol. The lowest BCUT2D eigenvalue weighted by Gasteiger charge is -2.28. The van der Waals surface area contributed by atoms with Crippen LogP contribution in [0.1, 0.15) is 64.0 Å². The van der Waals surface area contributed by atoms with Crippen LogP contribution in [0.5, 0.6) is 0 Å². The quantitative estimate of drug-likeness (QED) is 0.623. The molecule has 6 heteroatoms. The number of hydrogen-bond donors (Lipinski definition) is 2. The van der Waals surface area contributed by atoms with Crippen molar-refractivity contribution in [2.45, 2.75) is 71.9 Å². The minimum Gasteiger partial charge on any atom is -0.357 e. The van der Waals surface area contributed by atoms with Crippen LogP contribution < -0.4 is 10.6 Å². The molecule has 0 radical (unpaired) electrons. The van der Waals surface area contributed by atoms with E-state index in [0.717, 1.165) is 43.7 Å². The van der Waals surface area contributed by atoms with Gasteiger partial charge in [-0.1, -0.05) is 19.8 Å². The van der Waals surface area contributed by atoms with E-state index in [2.05, 4.69) is 39.2 Å². The van der Waals surface area contributed by atoms with Gasteiger partial charge in [0.2, 0.25) is 0 Å². The first-order valence-corrected chi connectivity index (χ1v) is 9.19. The number of guanidine groups is 1. The first-order chi connectivity index (χ1) is 11.3. The van der Waals surface area contributed by atoms with E-state index in [1.165, 1.54) is 38.5 Å². The molecule has 1 aliphatic carbocycles. The van der Waals surface area contributed by atoms with E-state index in [0.29, 0.717) is 12.0 Å². The summed E-state index contributed by atoms with van der Waals surface area (Å²) in [5.74, 6) is 3.01. The maximum Gasteiger partial charge on any atom is 0.191 e. The summed E-state index contributed by atoms with van der Waals surface area (Å²) in [6.07, 6.45) is 8.90. The van der Waals surface area contributed by atoms with Gasteiger partial charge in [0.25, 0.3) is 0 Å². The molecular formula is C17H30N6. The summed E-state index contributed by atoms with van der Waals surface area (Å²) in [6, 6.07) is 0. The molecule has 0 aromatic carbocycles. The average molecular weight is 318 g/mol. The lowest BCUT2D eigenvalue weighted by molar-refractivity contribution is 0.283. The van der Waals surface area contributed by atoms with Crippen LogP contribution in [-0.2, 0) is 19.5 Å². The highest BCUT2D eigenvalue weighted by molar-refractivity contribution is 5.79. The Balaban J connectivity index is 1.61. The smallest absolute Gasteiger partial charge is 0.191 e. The van der Waals surface area contributed by atoms with Gasteiger partial charge in [-0.3, -0.25) is 0 Å². The summed E-state index contributed by atoms with van der Waals surface area (Å²) in [6.45, 7) is 7.96. The molecule has 1 saturated carbocycles. The molecule has 0 bridgehead atoms. The van der Waals surface area contributed by atoms with Gasteiger partial charge in [-0.05, 0) is 38.0 Å². The van der Waals surface area contributed by atoms with Crippen LogP contribution in [0.15, 0.2) is 4.99 Å². The summed E-state index contributed by atoms with van der Waals surface area (Å²) in [5.41, 5.74) is 0.465. The van der Waals surface area contributed by atoms with E-state index in [4.69, 9.17) is 4.99 Å². The number of aliphatic imine (C=N–C) groups is 1. The zero-order valence-corrected chi connectivity index (χ0v) is 14.6. The first kappa shape index (κ1) is 16.3. The second kappa shape index (κ2) is 7.32. The highest BCUT2D eigenvalue weighted by Gasteiger charge is 2.31. The number of hydrogen-bond acceptors (Lipinski definition) is 3. The SMILES string of the molecule is CCNC(=NCc1nnc2n1CCC2)NCC1(CC)CCCC1. The second-order valence-corrected chi connectivity index (χ2v) is 6.90. The maximum atomic E-state index is 4.73. The molecule has 0 amide bonds. The highest BCUT2D eigenvalue weighted by Crippen LogP contribution is 2.40. The van der Waals surface area contributed by atoms with E-state index in [-0.39, 0.29) is 0 Å². The van der Waals surface area contributed by atoms with Crippen LogP contribution in [0.4, 0.5) is 0 Å². The number of rotatable bonds is 6. The molecule has 1 aliphatic heterocycles. The number of aryl methyl sites for hydroxylation is 1. The standard InChI is InChI=1S/C17H30N6/c1-3-17(9-5-6-10-17)13-20-16(18-4-2)19-12-15-22-21-14-8-7-11-23(14)15/h3-13H2,1-2H3,(H2,18,19,20). The Morgan fingerprint density at radius 3 is 2.74 bits per heavy atom. The van der Waals surface area contributed by atoms with Crippen LogP contribution in [0.2, 0.25) is 0 Å². The van der Waals surface area contributed by atoms with Crippen molar-refractivity contribution in [1.29, 1.82) is 0 Å². The fourth-order valence-corrected chi connectivity index (χ4v) is 3.87. The predicted octanol–water partition coefficient (Wildman–Crippen LogP) is 2.25. The van der Waals surface area contributed by atoms with E-state index < -0.39 is 0 Å². The molecule has 2 aliphatic rings. The fourth-order valence-electron chi connectivity index (χ4n) is 3.87. The highest BCUT2D eigenvalue weighted by atomic mass is 15.3. The number of fused-ring (bicyclic) bond motifs is 1. The van der Waals surface area contributed by atoms with E-state index in [9.17, 15) is 0 Å². The molecule has 0 saturated heterocycles. The van der Waals surface area contributed by atoms with Crippen molar-refractivity contribution < 1.29 is 0 Å². The van der Waals surface area contributed by atoms with Gasteiger partial charge in [0.1, 0.15) is 12.4 Å². The molecule has 2 heterocycles. The third-order valence-electron chi connectivity index (χ3n) is 5.45. The maximum absolute atomic E-state index is 4.73. The third kappa shape index (κ3) is 3.67. The van der Waals surface area contributed by atoms with E-state index >= 15 is 0 Å². The summed E-state index contributed by atoms with van der Waals surface area (Å²) in [5, 5.41) is 15.5. The molecule has 2 N–H and O–H groups in total. The van der Waals surface area contributed by atoms with Crippen molar-refractivity contribution in [1.82, 2.24) is 25.4 Å². The largest absolute Gasteiger partial charge is 0.357 e. The van der Waals surface area contributed by atoms with Crippen molar-refractivity contribution in [2.24, 2.45) is 10.4 Å². The van der Waals surface area contributed by atoms with Gasteiger partial charge in [-0.15, -0.1) is 10.2 Å². The van der Waals surface area contributed by atoms with Gasteiger partial charge in [0.05, 0.1) is 0 Å². The molecule has 128 valence electrons. The van der Waals surface area contributed by atoms with E-state index in [1.807, 2.05) is 0 Å². The molecule has 3 rings (SSSR count). The summed E-state index contributed by atoms with van der Waals surface area (Å²) in [7, 11) is 0. The minimum atomic E-state index is 0.465. The van der Waals surface area contributed by atoms with Crippen molar-refractivity contribution in [3.63, 3.8) is 0 Å². The normalized spacial score (nSPS) is 19.8. The molecule has 0 spiro atoms. The minimum absolute atomic E-state index is 0.465. The zero-order chi connectivity index (χ0) is 16.1. The Bertz CT molecular complexity index is 541.